The number of amides is 1. The van der Waals surface area contributed by atoms with Gasteiger partial charge in [-0.3, -0.25) is 10.1 Å². The second-order valence-electron chi connectivity index (χ2n) is 8.36. The summed E-state index contributed by atoms with van der Waals surface area (Å²) in [5.74, 6) is -0.656. The molecule has 2 aromatic rings. The van der Waals surface area contributed by atoms with E-state index in [1.54, 1.807) is 6.92 Å². The van der Waals surface area contributed by atoms with Crippen molar-refractivity contribution in [2.45, 2.75) is 62.6 Å². The van der Waals surface area contributed by atoms with Crippen LogP contribution in [0.2, 0.25) is 0 Å². The molecule has 1 unspecified atom stereocenters. The van der Waals surface area contributed by atoms with E-state index in [9.17, 15) is 31.1 Å². The maximum absolute atomic E-state index is 13.9. The minimum Gasteiger partial charge on any atom is -0.336 e. The van der Waals surface area contributed by atoms with Crippen LogP contribution in [-0.4, -0.2) is 23.7 Å². The largest absolute Gasteiger partial charge is 0.416 e. The van der Waals surface area contributed by atoms with Crippen molar-refractivity contribution in [1.29, 1.82) is 5.26 Å². The highest BCUT2D eigenvalue weighted by Gasteiger charge is 2.47. The van der Waals surface area contributed by atoms with E-state index in [1.165, 1.54) is 36.4 Å². The van der Waals surface area contributed by atoms with Gasteiger partial charge < -0.3 is 5.32 Å². The summed E-state index contributed by atoms with van der Waals surface area (Å²) in [6.07, 6.45) is -7.69. The van der Waals surface area contributed by atoms with Crippen molar-refractivity contribution in [2.24, 2.45) is 0 Å². The third-order valence-corrected chi connectivity index (χ3v) is 5.71. The third kappa shape index (κ3) is 6.08. The number of rotatable bonds is 8. The Morgan fingerprint density at radius 2 is 1.53 bits per heavy atom. The van der Waals surface area contributed by atoms with Crippen molar-refractivity contribution in [3.63, 3.8) is 0 Å². The molecule has 0 aromatic heterocycles. The lowest BCUT2D eigenvalue weighted by Gasteiger charge is -2.28. The quantitative estimate of drug-likeness (QED) is 0.459. The van der Waals surface area contributed by atoms with Crippen molar-refractivity contribution >= 4 is 5.91 Å². The first-order valence-electron chi connectivity index (χ1n) is 10.7. The molecule has 0 spiro atoms. The first kappa shape index (κ1) is 25.6. The molecule has 1 aliphatic rings. The van der Waals surface area contributed by atoms with Gasteiger partial charge in [0.2, 0.25) is 5.91 Å². The second kappa shape index (κ2) is 9.66. The number of nitrogens with one attached hydrogen (secondary N) is 2. The topological polar surface area (TPSA) is 64.9 Å². The van der Waals surface area contributed by atoms with Crippen LogP contribution in [0.3, 0.4) is 0 Å². The molecule has 2 atom stereocenters. The Kier molecular flexibility index (Phi) is 7.26. The van der Waals surface area contributed by atoms with Gasteiger partial charge in [-0.2, -0.15) is 31.6 Å². The van der Waals surface area contributed by atoms with Crippen LogP contribution in [0.15, 0.2) is 48.5 Å². The predicted octanol–water partition coefficient (Wildman–Crippen LogP) is 5.91. The SMILES string of the molecule is CCCC(N[C@@H](c1ccc(-c2ccc(C(F)(F)F)cc2)cc1)C(F)(F)F)C(=O)NC1(C#N)CC1. The molecule has 1 fully saturated rings. The van der Waals surface area contributed by atoms with Gasteiger partial charge in [-0.1, -0.05) is 49.7 Å². The third-order valence-electron chi connectivity index (χ3n) is 5.71. The summed E-state index contributed by atoms with van der Waals surface area (Å²) in [6, 6.07) is 8.25. The van der Waals surface area contributed by atoms with Gasteiger partial charge in [0.1, 0.15) is 11.6 Å². The molecule has 34 heavy (non-hydrogen) atoms. The number of halogens is 6. The standard InChI is InChI=1S/C24H23F6N3O/c1-2-3-19(21(34)33-22(14-31)12-13-22)32-20(24(28,29)30)17-6-4-15(5-7-17)16-8-10-18(11-9-16)23(25,26)27/h4-11,19-20,32H,2-3,12-13H2,1H3,(H,33,34)/t19?,20-/m0/s1. The van der Waals surface area contributed by atoms with Crippen LogP contribution in [0.5, 0.6) is 0 Å². The van der Waals surface area contributed by atoms with Crippen molar-refractivity contribution in [1.82, 2.24) is 10.6 Å². The number of hydrogen-bond acceptors (Lipinski definition) is 3. The van der Waals surface area contributed by atoms with E-state index in [1.807, 2.05) is 6.07 Å². The normalized spacial score (nSPS) is 16.9. The zero-order chi connectivity index (χ0) is 25.1. The minimum atomic E-state index is -4.71. The van der Waals surface area contributed by atoms with Gasteiger partial charge in [0.25, 0.3) is 0 Å². The van der Waals surface area contributed by atoms with Crippen molar-refractivity contribution in [3.05, 3.63) is 59.7 Å². The average Bonchev–Trinajstić information content (AvgIpc) is 3.55. The highest BCUT2D eigenvalue weighted by molar-refractivity contribution is 5.83. The molecule has 0 bridgehead atoms. The van der Waals surface area contributed by atoms with Gasteiger partial charge in [0.05, 0.1) is 17.7 Å². The predicted molar refractivity (Wildman–Crippen MR) is 113 cm³/mol. The molecule has 0 aliphatic heterocycles. The van der Waals surface area contributed by atoms with Crippen LogP contribution in [0.4, 0.5) is 26.3 Å². The average molecular weight is 483 g/mol. The van der Waals surface area contributed by atoms with E-state index in [0.29, 0.717) is 30.4 Å². The summed E-state index contributed by atoms with van der Waals surface area (Å²) in [4.78, 5) is 12.6. The molecule has 0 saturated heterocycles. The minimum absolute atomic E-state index is 0.140. The molecular weight excluding hydrogens is 460 g/mol. The summed E-state index contributed by atoms with van der Waals surface area (Å²) in [6.45, 7) is 1.74. The van der Waals surface area contributed by atoms with Gasteiger partial charge in [0, 0.05) is 0 Å². The fourth-order valence-corrected chi connectivity index (χ4v) is 3.59. The van der Waals surface area contributed by atoms with E-state index >= 15 is 0 Å². The lowest BCUT2D eigenvalue weighted by atomic mass is 9.98. The lowest BCUT2D eigenvalue weighted by Crippen LogP contribution is -2.51. The molecule has 182 valence electrons. The molecule has 1 amide bonds. The molecule has 0 heterocycles. The van der Waals surface area contributed by atoms with E-state index in [4.69, 9.17) is 5.26 Å². The van der Waals surface area contributed by atoms with Crippen molar-refractivity contribution in [3.8, 4) is 17.2 Å². The zero-order valence-corrected chi connectivity index (χ0v) is 18.2. The molecule has 1 aliphatic carbocycles. The summed E-state index contributed by atoms with van der Waals surface area (Å²) in [7, 11) is 0. The number of carbonyl (C=O) groups is 1. The Morgan fingerprint density at radius 3 is 1.94 bits per heavy atom. The van der Waals surface area contributed by atoms with Gasteiger partial charge in [-0.25, -0.2) is 0 Å². The van der Waals surface area contributed by atoms with Gasteiger partial charge >= 0.3 is 12.4 Å². The molecule has 10 heteroatoms. The zero-order valence-electron chi connectivity index (χ0n) is 18.2. The van der Waals surface area contributed by atoms with Gasteiger partial charge in [-0.05, 0) is 48.1 Å². The molecule has 0 radical (unpaired) electrons. The Balaban J connectivity index is 1.80. The van der Waals surface area contributed by atoms with Crippen LogP contribution in [0.25, 0.3) is 11.1 Å². The van der Waals surface area contributed by atoms with Crippen LogP contribution in [0.1, 0.15) is 49.8 Å². The van der Waals surface area contributed by atoms with Crippen LogP contribution < -0.4 is 10.6 Å². The number of nitriles is 1. The maximum Gasteiger partial charge on any atom is 0.416 e. The Labute approximate surface area is 193 Å². The summed E-state index contributed by atoms with van der Waals surface area (Å²) in [5, 5.41) is 14.1. The molecule has 3 rings (SSSR count). The van der Waals surface area contributed by atoms with E-state index < -0.39 is 41.4 Å². The number of nitrogens with zero attached hydrogens (tertiary/aromatic N) is 1. The van der Waals surface area contributed by atoms with Gasteiger partial charge in [0.15, 0.2) is 0 Å². The summed E-state index contributed by atoms with van der Waals surface area (Å²) >= 11 is 0. The number of benzene rings is 2. The molecule has 2 aromatic carbocycles. The number of carbonyl (C=O) groups excluding carboxylic acids is 1. The van der Waals surface area contributed by atoms with E-state index in [-0.39, 0.29) is 12.0 Å². The summed E-state index contributed by atoms with van der Waals surface area (Å²) < 4.78 is 80.0. The van der Waals surface area contributed by atoms with Crippen molar-refractivity contribution < 1.29 is 31.1 Å². The first-order chi connectivity index (χ1) is 15.9. The fraction of sp³-hybridized carbons (Fsp3) is 0.417. The molecular formula is C24H23F6N3O. The molecule has 2 N–H and O–H groups in total. The van der Waals surface area contributed by atoms with Crippen LogP contribution in [-0.2, 0) is 11.0 Å². The number of alkyl halides is 6. The van der Waals surface area contributed by atoms with Crippen molar-refractivity contribution in [2.75, 3.05) is 0 Å². The fourth-order valence-electron chi connectivity index (χ4n) is 3.59. The second-order valence-corrected chi connectivity index (χ2v) is 8.36. The van der Waals surface area contributed by atoms with Crippen LogP contribution in [0, 0.1) is 11.3 Å². The Bertz CT molecular complexity index is 1030. The molecule has 1 saturated carbocycles. The Morgan fingerprint density at radius 1 is 1.00 bits per heavy atom. The molecule has 4 nitrogen and oxygen atoms in total. The summed E-state index contributed by atoms with van der Waals surface area (Å²) in [5.41, 5.74) is -1.09. The highest BCUT2D eigenvalue weighted by atomic mass is 19.4. The Hall–Kier alpha value is -3.06. The van der Waals surface area contributed by atoms with Crippen LogP contribution >= 0.6 is 0 Å². The van der Waals surface area contributed by atoms with Gasteiger partial charge in [-0.15, -0.1) is 0 Å². The van der Waals surface area contributed by atoms with E-state index in [2.05, 4.69) is 10.6 Å². The number of hydrogen-bond donors (Lipinski definition) is 2. The van der Waals surface area contributed by atoms with E-state index in [0.717, 1.165) is 12.1 Å². The first-order valence-corrected chi connectivity index (χ1v) is 10.7. The smallest absolute Gasteiger partial charge is 0.336 e. The monoisotopic (exact) mass is 483 g/mol. The lowest BCUT2D eigenvalue weighted by molar-refractivity contribution is -0.161. The highest BCUT2D eigenvalue weighted by Crippen LogP contribution is 2.37. The maximum atomic E-state index is 13.9.